The van der Waals surface area contributed by atoms with Crippen LogP contribution in [0.3, 0.4) is 0 Å². The van der Waals surface area contributed by atoms with E-state index in [4.69, 9.17) is 9.15 Å². The number of rotatable bonds is 7. The second-order valence-electron chi connectivity index (χ2n) is 7.13. The van der Waals surface area contributed by atoms with Crippen molar-refractivity contribution >= 4 is 16.0 Å². The summed E-state index contributed by atoms with van der Waals surface area (Å²) < 4.78 is 37.9. The molecule has 1 aliphatic carbocycles. The number of carbonyl (C=O) groups is 1. The number of hydrogen-bond donors (Lipinski definition) is 1. The van der Waals surface area contributed by atoms with E-state index in [1.165, 1.54) is 38.5 Å². The summed E-state index contributed by atoms with van der Waals surface area (Å²) in [4.78, 5) is 16.3. The van der Waals surface area contributed by atoms with Crippen molar-refractivity contribution in [2.75, 3.05) is 13.7 Å². The van der Waals surface area contributed by atoms with Gasteiger partial charge in [-0.25, -0.2) is 22.9 Å². The van der Waals surface area contributed by atoms with Crippen molar-refractivity contribution in [1.82, 2.24) is 9.71 Å². The van der Waals surface area contributed by atoms with Crippen LogP contribution < -0.4 is 4.72 Å². The van der Waals surface area contributed by atoms with Gasteiger partial charge in [0, 0.05) is 18.9 Å². The zero-order valence-corrected chi connectivity index (χ0v) is 17.0. The van der Waals surface area contributed by atoms with Crippen molar-refractivity contribution in [3.8, 4) is 0 Å². The van der Waals surface area contributed by atoms with E-state index in [-0.39, 0.29) is 17.0 Å². The third kappa shape index (κ3) is 4.80. The minimum Gasteiger partial charge on any atom is -0.465 e. The smallest absolute Gasteiger partial charge is 0.338 e. The highest BCUT2D eigenvalue weighted by Gasteiger charge is 2.21. The molecule has 152 valence electrons. The Morgan fingerprint density at radius 3 is 2.75 bits per heavy atom. The first-order valence-corrected chi connectivity index (χ1v) is 11.0. The van der Waals surface area contributed by atoms with Gasteiger partial charge < -0.3 is 9.15 Å². The van der Waals surface area contributed by atoms with Crippen LogP contribution in [0.25, 0.3) is 0 Å². The fourth-order valence-corrected chi connectivity index (χ4v) is 4.53. The molecule has 0 saturated heterocycles. The van der Waals surface area contributed by atoms with Gasteiger partial charge in [0.1, 0.15) is 6.26 Å². The molecule has 2 aromatic rings. The van der Waals surface area contributed by atoms with Gasteiger partial charge in [-0.05, 0) is 37.5 Å². The van der Waals surface area contributed by atoms with Crippen LogP contribution in [0.15, 0.2) is 33.8 Å². The number of oxazole rings is 1. The lowest BCUT2D eigenvalue weighted by atomic mass is 9.89. The highest BCUT2D eigenvalue weighted by Crippen LogP contribution is 2.32. The van der Waals surface area contributed by atoms with Crippen LogP contribution in [0.4, 0.5) is 0 Å². The van der Waals surface area contributed by atoms with Crippen LogP contribution in [0.5, 0.6) is 0 Å². The molecule has 3 rings (SSSR count). The average Bonchev–Trinajstić information content (AvgIpc) is 3.17. The molecule has 1 aliphatic rings. The van der Waals surface area contributed by atoms with E-state index in [9.17, 15) is 13.2 Å². The first-order valence-electron chi connectivity index (χ1n) is 9.53. The molecule has 1 aromatic heterocycles. The number of aryl methyl sites for hydroxylation is 1. The van der Waals surface area contributed by atoms with Crippen LogP contribution >= 0.6 is 0 Å². The fourth-order valence-electron chi connectivity index (χ4n) is 3.47. The van der Waals surface area contributed by atoms with Crippen molar-refractivity contribution < 1.29 is 22.4 Å². The van der Waals surface area contributed by atoms with Crippen LogP contribution in [-0.2, 0) is 21.2 Å². The van der Waals surface area contributed by atoms with E-state index in [1.54, 1.807) is 19.3 Å². The molecular weight excluding hydrogens is 380 g/mol. The first-order chi connectivity index (χ1) is 13.4. The van der Waals surface area contributed by atoms with E-state index < -0.39 is 16.0 Å². The Morgan fingerprint density at radius 1 is 1.29 bits per heavy atom. The van der Waals surface area contributed by atoms with Gasteiger partial charge in [-0.1, -0.05) is 25.3 Å². The summed E-state index contributed by atoms with van der Waals surface area (Å²) in [7, 11) is -2.48. The Morgan fingerprint density at radius 2 is 2.04 bits per heavy atom. The number of aromatic nitrogens is 1. The normalized spacial score (nSPS) is 15.5. The standard InChI is InChI=1S/C20H26N2O5S/c1-14-8-9-17(12-18(14)20(23)26-2)28(24,25)21-11-10-16-13-27-19(22-16)15-6-4-3-5-7-15/h8-9,12-13,15,21H,3-7,10-11H2,1-2H3. The molecule has 1 fully saturated rings. The summed E-state index contributed by atoms with van der Waals surface area (Å²) in [5, 5.41) is 0. The molecule has 1 N–H and O–H groups in total. The van der Waals surface area contributed by atoms with Crippen molar-refractivity contribution in [1.29, 1.82) is 0 Å². The van der Waals surface area contributed by atoms with E-state index in [1.807, 2.05) is 0 Å². The molecule has 0 unspecified atom stereocenters. The molecule has 7 nitrogen and oxygen atoms in total. The number of esters is 1. The number of ether oxygens (including phenoxy) is 1. The highest BCUT2D eigenvalue weighted by molar-refractivity contribution is 7.89. The van der Waals surface area contributed by atoms with E-state index >= 15 is 0 Å². The number of hydrogen-bond acceptors (Lipinski definition) is 6. The number of benzene rings is 1. The van der Waals surface area contributed by atoms with Gasteiger partial charge in [-0.15, -0.1) is 0 Å². The van der Waals surface area contributed by atoms with Gasteiger partial charge in [0.05, 0.1) is 23.3 Å². The molecular formula is C20H26N2O5S. The van der Waals surface area contributed by atoms with Gasteiger partial charge in [-0.3, -0.25) is 0 Å². The Kier molecular flexibility index (Phi) is 6.51. The van der Waals surface area contributed by atoms with Crippen molar-refractivity contribution in [3.05, 3.63) is 47.2 Å². The van der Waals surface area contributed by atoms with Gasteiger partial charge in [-0.2, -0.15) is 0 Å². The summed E-state index contributed by atoms with van der Waals surface area (Å²) in [6.45, 7) is 1.92. The highest BCUT2D eigenvalue weighted by atomic mass is 32.2. The predicted octanol–water partition coefficient (Wildman–Crippen LogP) is 3.34. The molecule has 1 saturated carbocycles. The Labute approximate surface area is 165 Å². The fraction of sp³-hybridized carbons (Fsp3) is 0.500. The average molecular weight is 407 g/mol. The van der Waals surface area contributed by atoms with Crippen LogP contribution in [0.1, 0.15) is 65.5 Å². The number of nitrogens with zero attached hydrogens (tertiary/aromatic N) is 1. The summed E-state index contributed by atoms with van der Waals surface area (Å²) in [6, 6.07) is 4.40. The molecule has 1 aromatic carbocycles. The van der Waals surface area contributed by atoms with Crippen LogP contribution in [0.2, 0.25) is 0 Å². The second-order valence-corrected chi connectivity index (χ2v) is 8.90. The summed E-state index contributed by atoms with van der Waals surface area (Å²) in [6.07, 6.45) is 7.91. The molecule has 0 spiro atoms. The molecule has 1 heterocycles. The largest absolute Gasteiger partial charge is 0.465 e. The molecule has 0 amide bonds. The maximum atomic E-state index is 12.5. The lowest BCUT2D eigenvalue weighted by Gasteiger charge is -2.17. The summed E-state index contributed by atoms with van der Waals surface area (Å²) in [5.74, 6) is 0.578. The van der Waals surface area contributed by atoms with E-state index in [2.05, 4.69) is 9.71 Å². The minimum absolute atomic E-state index is 0.0292. The van der Waals surface area contributed by atoms with E-state index in [0.29, 0.717) is 17.9 Å². The number of methoxy groups -OCH3 is 1. The van der Waals surface area contributed by atoms with Gasteiger partial charge in [0.15, 0.2) is 5.89 Å². The molecule has 8 heteroatoms. The third-order valence-electron chi connectivity index (χ3n) is 5.12. The molecule has 0 bridgehead atoms. The van der Waals surface area contributed by atoms with Crippen molar-refractivity contribution in [3.63, 3.8) is 0 Å². The minimum atomic E-state index is -3.74. The van der Waals surface area contributed by atoms with Gasteiger partial charge in [0.25, 0.3) is 0 Å². The van der Waals surface area contributed by atoms with Crippen LogP contribution in [-0.4, -0.2) is 33.0 Å². The lowest BCUT2D eigenvalue weighted by Crippen LogP contribution is -2.26. The summed E-state index contributed by atoms with van der Waals surface area (Å²) >= 11 is 0. The number of carbonyl (C=O) groups excluding carboxylic acids is 1. The maximum Gasteiger partial charge on any atom is 0.338 e. The number of sulfonamides is 1. The van der Waals surface area contributed by atoms with Crippen molar-refractivity contribution in [2.24, 2.45) is 0 Å². The SMILES string of the molecule is COC(=O)c1cc(S(=O)(=O)NCCc2coc(C3CCCCC3)n2)ccc1C. The topological polar surface area (TPSA) is 98.5 Å². The van der Waals surface area contributed by atoms with Gasteiger partial charge >= 0.3 is 5.97 Å². The Bertz CT molecular complexity index is 930. The monoisotopic (exact) mass is 406 g/mol. The quantitative estimate of drug-likeness (QED) is 0.708. The molecule has 0 radical (unpaired) electrons. The van der Waals surface area contributed by atoms with Crippen molar-refractivity contribution in [2.45, 2.75) is 56.3 Å². The van der Waals surface area contributed by atoms with E-state index in [0.717, 1.165) is 24.4 Å². The zero-order chi connectivity index (χ0) is 20.1. The molecule has 0 atom stereocenters. The lowest BCUT2D eigenvalue weighted by molar-refractivity contribution is 0.0599. The predicted molar refractivity (Wildman–Crippen MR) is 104 cm³/mol. The Hall–Kier alpha value is -2.19. The van der Waals surface area contributed by atoms with Crippen LogP contribution in [0, 0.1) is 6.92 Å². The summed E-state index contributed by atoms with van der Waals surface area (Å²) in [5.41, 5.74) is 1.63. The molecule has 0 aliphatic heterocycles. The Balaban J connectivity index is 1.61. The zero-order valence-electron chi connectivity index (χ0n) is 16.2. The maximum absolute atomic E-state index is 12.5. The second kappa shape index (κ2) is 8.87. The third-order valence-corrected chi connectivity index (χ3v) is 6.58. The number of nitrogens with one attached hydrogen (secondary N) is 1. The first kappa shape index (κ1) is 20.5. The molecule has 28 heavy (non-hydrogen) atoms. The van der Waals surface area contributed by atoms with Gasteiger partial charge in [0.2, 0.25) is 10.0 Å².